The Kier molecular flexibility index (Phi) is 6.34. The van der Waals surface area contributed by atoms with Crippen molar-refractivity contribution in [1.82, 2.24) is 0 Å². The van der Waals surface area contributed by atoms with Crippen LogP contribution >= 0.6 is 11.6 Å². The Morgan fingerprint density at radius 2 is 1.70 bits per heavy atom. The van der Waals surface area contributed by atoms with Crippen LogP contribution < -0.4 is 14.8 Å². The van der Waals surface area contributed by atoms with E-state index < -0.39 is 15.9 Å². The molecule has 0 saturated carbocycles. The molecule has 0 aromatic heterocycles. The van der Waals surface area contributed by atoms with Gasteiger partial charge in [-0.25, -0.2) is 8.42 Å². The molecule has 2 N–H and O–H groups in total. The van der Waals surface area contributed by atoms with Gasteiger partial charge in [0.1, 0.15) is 5.75 Å². The van der Waals surface area contributed by atoms with Crippen molar-refractivity contribution in [3.8, 4) is 5.75 Å². The van der Waals surface area contributed by atoms with E-state index in [4.69, 9.17) is 16.3 Å². The predicted molar refractivity (Wildman–Crippen MR) is 119 cm³/mol. The largest absolute Gasteiger partial charge is 0.497 e. The maximum Gasteiger partial charge on any atom is 0.261 e. The molecule has 6 nitrogen and oxygen atoms in total. The van der Waals surface area contributed by atoms with Crippen molar-refractivity contribution in [3.63, 3.8) is 0 Å². The third-order valence-corrected chi connectivity index (χ3v) is 6.41. The third kappa shape index (κ3) is 4.75. The van der Waals surface area contributed by atoms with E-state index in [-0.39, 0.29) is 21.2 Å². The van der Waals surface area contributed by atoms with Crippen LogP contribution in [-0.2, 0) is 10.0 Å². The molecule has 0 fully saturated rings. The summed E-state index contributed by atoms with van der Waals surface area (Å²) in [7, 11) is -2.34. The molecule has 3 aromatic carbocycles. The van der Waals surface area contributed by atoms with Crippen LogP contribution in [0.4, 0.5) is 11.4 Å². The van der Waals surface area contributed by atoms with Gasteiger partial charge in [-0.05, 0) is 73.5 Å². The molecular weight excluding hydrogens is 424 g/mol. The first kappa shape index (κ1) is 21.7. The van der Waals surface area contributed by atoms with Crippen LogP contribution in [0, 0.1) is 13.8 Å². The number of amides is 1. The molecule has 8 heteroatoms. The first-order chi connectivity index (χ1) is 14.2. The van der Waals surface area contributed by atoms with E-state index >= 15 is 0 Å². The van der Waals surface area contributed by atoms with Crippen molar-refractivity contribution in [1.29, 1.82) is 0 Å². The smallest absolute Gasteiger partial charge is 0.261 e. The molecule has 3 aromatic rings. The van der Waals surface area contributed by atoms with Crippen molar-refractivity contribution in [3.05, 3.63) is 82.4 Å². The number of anilines is 2. The molecule has 0 heterocycles. The fraction of sp³-hybridized carbons (Fsp3) is 0.136. The molecule has 156 valence electrons. The van der Waals surface area contributed by atoms with Gasteiger partial charge < -0.3 is 10.1 Å². The van der Waals surface area contributed by atoms with E-state index in [1.807, 2.05) is 26.0 Å². The topological polar surface area (TPSA) is 84.5 Å². The Morgan fingerprint density at radius 1 is 1.00 bits per heavy atom. The van der Waals surface area contributed by atoms with Gasteiger partial charge in [0, 0.05) is 11.4 Å². The van der Waals surface area contributed by atoms with Gasteiger partial charge in [-0.15, -0.1) is 0 Å². The molecule has 0 atom stereocenters. The molecule has 0 spiro atoms. The summed E-state index contributed by atoms with van der Waals surface area (Å²) in [5.74, 6) is 0.116. The van der Waals surface area contributed by atoms with E-state index in [2.05, 4.69) is 10.0 Å². The number of sulfonamides is 1. The number of carbonyl (C=O) groups excluding carboxylic acids is 1. The van der Waals surface area contributed by atoms with Crippen molar-refractivity contribution in [2.24, 2.45) is 0 Å². The normalized spacial score (nSPS) is 11.1. The van der Waals surface area contributed by atoms with Gasteiger partial charge >= 0.3 is 0 Å². The van der Waals surface area contributed by atoms with Crippen molar-refractivity contribution in [2.45, 2.75) is 18.7 Å². The number of nitrogens with one attached hydrogen (secondary N) is 2. The van der Waals surface area contributed by atoms with Gasteiger partial charge in [0.15, 0.2) is 0 Å². The predicted octanol–water partition coefficient (Wildman–Crippen LogP) is 5.02. The van der Waals surface area contributed by atoms with Crippen molar-refractivity contribution in [2.75, 3.05) is 17.1 Å². The van der Waals surface area contributed by atoms with E-state index in [9.17, 15) is 13.2 Å². The lowest BCUT2D eigenvalue weighted by Crippen LogP contribution is -2.16. The van der Waals surface area contributed by atoms with E-state index in [1.54, 1.807) is 18.2 Å². The van der Waals surface area contributed by atoms with Gasteiger partial charge in [-0.1, -0.05) is 23.7 Å². The van der Waals surface area contributed by atoms with Crippen molar-refractivity contribution >= 4 is 38.9 Å². The highest BCUT2D eigenvalue weighted by Gasteiger charge is 2.17. The molecular formula is C22H21ClN2O4S. The molecule has 0 unspecified atom stereocenters. The molecule has 0 aliphatic rings. The van der Waals surface area contributed by atoms with Gasteiger partial charge in [0.05, 0.1) is 22.6 Å². The molecule has 0 saturated heterocycles. The summed E-state index contributed by atoms with van der Waals surface area (Å²) in [5, 5.41) is 3.04. The Morgan fingerprint density at radius 3 is 2.37 bits per heavy atom. The highest BCUT2D eigenvalue weighted by Crippen LogP contribution is 2.26. The van der Waals surface area contributed by atoms with Crippen LogP contribution in [0.5, 0.6) is 5.75 Å². The highest BCUT2D eigenvalue weighted by molar-refractivity contribution is 7.92. The second kappa shape index (κ2) is 8.77. The number of hydrogen-bond acceptors (Lipinski definition) is 4. The lowest BCUT2D eigenvalue weighted by atomic mass is 10.1. The Balaban J connectivity index is 1.85. The number of hydrogen-bond donors (Lipinski definition) is 2. The summed E-state index contributed by atoms with van der Waals surface area (Å²) in [6.45, 7) is 3.86. The number of benzene rings is 3. The summed E-state index contributed by atoms with van der Waals surface area (Å²) in [5.41, 5.74) is 3.03. The molecule has 0 aliphatic carbocycles. The Bertz CT molecular complexity index is 1190. The third-order valence-electron chi connectivity index (χ3n) is 4.69. The number of carbonyl (C=O) groups is 1. The second-order valence-corrected chi connectivity index (χ2v) is 8.77. The minimum atomic E-state index is -3.85. The van der Waals surface area contributed by atoms with Gasteiger partial charge in [-0.2, -0.15) is 0 Å². The lowest BCUT2D eigenvalue weighted by Gasteiger charge is -2.13. The van der Waals surface area contributed by atoms with Gasteiger partial charge in [0.2, 0.25) is 0 Å². The average molecular weight is 445 g/mol. The molecule has 3 rings (SSSR count). The number of ether oxygens (including phenoxy) is 1. The van der Waals surface area contributed by atoms with E-state index in [0.717, 1.165) is 11.1 Å². The van der Waals surface area contributed by atoms with E-state index in [0.29, 0.717) is 11.4 Å². The van der Waals surface area contributed by atoms with Crippen LogP contribution in [-0.4, -0.2) is 21.4 Å². The number of rotatable bonds is 6. The lowest BCUT2D eigenvalue weighted by molar-refractivity contribution is 0.102. The number of halogens is 1. The Labute approximate surface area is 180 Å². The zero-order valence-corrected chi connectivity index (χ0v) is 18.3. The summed E-state index contributed by atoms with van der Waals surface area (Å²) >= 11 is 6.20. The maximum absolute atomic E-state index is 12.8. The second-order valence-electron chi connectivity index (χ2n) is 6.68. The summed E-state index contributed by atoms with van der Waals surface area (Å²) in [6, 6.07) is 16.0. The fourth-order valence-electron chi connectivity index (χ4n) is 2.81. The maximum atomic E-state index is 12.8. The molecule has 30 heavy (non-hydrogen) atoms. The number of methoxy groups -OCH3 is 1. The summed E-state index contributed by atoms with van der Waals surface area (Å²) in [4.78, 5) is 12.8. The van der Waals surface area contributed by atoms with Crippen molar-refractivity contribution < 1.29 is 17.9 Å². The quantitative estimate of drug-likeness (QED) is 0.559. The van der Waals surface area contributed by atoms with Gasteiger partial charge in [0.25, 0.3) is 15.9 Å². The molecule has 1 amide bonds. The van der Waals surface area contributed by atoms with Crippen LogP contribution in [0.1, 0.15) is 21.5 Å². The zero-order chi connectivity index (χ0) is 21.9. The first-order valence-corrected chi connectivity index (χ1v) is 10.9. The summed E-state index contributed by atoms with van der Waals surface area (Å²) < 4.78 is 32.8. The minimum Gasteiger partial charge on any atom is -0.497 e. The summed E-state index contributed by atoms with van der Waals surface area (Å²) in [6.07, 6.45) is 0. The van der Waals surface area contributed by atoms with Gasteiger partial charge in [-0.3, -0.25) is 9.52 Å². The average Bonchev–Trinajstić information content (AvgIpc) is 2.72. The van der Waals surface area contributed by atoms with Crippen LogP contribution in [0.2, 0.25) is 5.02 Å². The minimum absolute atomic E-state index is 0.0691. The van der Waals surface area contributed by atoms with Crippen LogP contribution in [0.25, 0.3) is 0 Å². The van der Waals surface area contributed by atoms with E-state index in [1.165, 1.54) is 37.4 Å². The molecule has 0 bridgehead atoms. The highest BCUT2D eigenvalue weighted by atomic mass is 35.5. The monoisotopic (exact) mass is 444 g/mol. The SMILES string of the molecule is COc1ccc(S(=O)(=O)Nc2ccc(Cl)c(C(=O)Nc3cccc(C)c3C)c2)cc1. The number of aryl methyl sites for hydroxylation is 1. The molecule has 0 radical (unpaired) electrons. The van der Waals surface area contributed by atoms with Crippen LogP contribution in [0.15, 0.2) is 65.6 Å². The standard InChI is InChI=1S/C22H21ClN2O4S/c1-14-5-4-6-21(15(14)2)24-22(26)19-13-16(7-12-20(19)23)25-30(27,28)18-10-8-17(29-3)9-11-18/h4-13,25H,1-3H3,(H,24,26). The van der Waals surface area contributed by atoms with Crippen LogP contribution in [0.3, 0.4) is 0 Å². The fourth-order valence-corrected chi connectivity index (χ4v) is 4.06. The molecule has 0 aliphatic heterocycles. The zero-order valence-electron chi connectivity index (χ0n) is 16.7. The Hall–Kier alpha value is -3.03. The first-order valence-electron chi connectivity index (χ1n) is 9.05.